The fourth-order valence-corrected chi connectivity index (χ4v) is 1.25. The van der Waals surface area contributed by atoms with Crippen molar-refractivity contribution in [3.63, 3.8) is 0 Å². The highest BCUT2D eigenvalue weighted by atomic mass is 16.3. The van der Waals surface area contributed by atoms with Gasteiger partial charge in [-0.25, -0.2) is 4.68 Å². The minimum atomic E-state index is -0.910. The molecule has 0 bridgehead atoms. The molecule has 0 saturated carbocycles. The molecule has 1 rings (SSSR count). The predicted molar refractivity (Wildman–Crippen MR) is 54.7 cm³/mol. The van der Waals surface area contributed by atoms with E-state index in [9.17, 15) is 5.11 Å². The van der Waals surface area contributed by atoms with Crippen molar-refractivity contribution in [1.82, 2.24) is 15.0 Å². The molecule has 0 aliphatic heterocycles. The number of aryl methyl sites for hydroxylation is 1. The fraction of sp³-hybridized carbons (Fsp3) is 0.800. The van der Waals surface area contributed by atoms with Gasteiger partial charge in [0.15, 0.2) is 0 Å². The zero-order valence-corrected chi connectivity index (χ0v) is 9.57. The third-order valence-electron chi connectivity index (χ3n) is 2.88. The Hall–Kier alpha value is -0.900. The molecule has 1 aromatic rings. The van der Waals surface area contributed by atoms with E-state index in [2.05, 4.69) is 10.3 Å². The van der Waals surface area contributed by atoms with Crippen molar-refractivity contribution in [1.29, 1.82) is 0 Å². The monoisotopic (exact) mass is 197 g/mol. The van der Waals surface area contributed by atoms with Crippen LogP contribution in [0.5, 0.6) is 0 Å². The summed E-state index contributed by atoms with van der Waals surface area (Å²) in [6.07, 6.45) is 1.63. The smallest absolute Gasteiger partial charge is 0.110 e. The Bertz CT molecular complexity index is 309. The Morgan fingerprint density at radius 3 is 2.36 bits per heavy atom. The Balaban J connectivity index is 3.16. The van der Waals surface area contributed by atoms with Crippen LogP contribution in [0.4, 0.5) is 0 Å². The number of aliphatic hydroxyl groups is 1. The van der Waals surface area contributed by atoms with E-state index in [0.29, 0.717) is 0 Å². The van der Waals surface area contributed by atoms with Crippen molar-refractivity contribution in [2.45, 2.75) is 46.8 Å². The van der Waals surface area contributed by atoms with Gasteiger partial charge in [-0.3, -0.25) is 0 Å². The number of aromatic nitrogens is 3. The second kappa shape index (κ2) is 3.35. The van der Waals surface area contributed by atoms with Crippen molar-refractivity contribution < 1.29 is 5.11 Å². The maximum Gasteiger partial charge on any atom is 0.110 e. The van der Waals surface area contributed by atoms with Crippen LogP contribution in [0.3, 0.4) is 0 Å². The molecule has 0 aliphatic carbocycles. The van der Waals surface area contributed by atoms with Gasteiger partial charge in [-0.15, -0.1) is 5.10 Å². The molecule has 0 saturated heterocycles. The van der Waals surface area contributed by atoms with E-state index in [1.165, 1.54) is 0 Å². The molecule has 0 radical (unpaired) electrons. The molecule has 1 atom stereocenters. The van der Waals surface area contributed by atoms with Crippen molar-refractivity contribution in [2.24, 2.45) is 5.41 Å². The summed E-state index contributed by atoms with van der Waals surface area (Å²) < 4.78 is 1.73. The van der Waals surface area contributed by atoms with Crippen LogP contribution in [0.15, 0.2) is 6.20 Å². The third kappa shape index (κ3) is 1.66. The van der Waals surface area contributed by atoms with Crippen molar-refractivity contribution in [3.05, 3.63) is 11.9 Å². The zero-order valence-electron chi connectivity index (χ0n) is 9.57. The first-order chi connectivity index (χ1) is 6.30. The van der Waals surface area contributed by atoms with Crippen LogP contribution in [0.1, 0.15) is 40.3 Å². The topological polar surface area (TPSA) is 50.9 Å². The molecular weight excluding hydrogens is 178 g/mol. The average molecular weight is 197 g/mol. The molecule has 0 amide bonds. The van der Waals surface area contributed by atoms with Crippen LogP contribution in [0, 0.1) is 5.41 Å². The predicted octanol–water partition coefficient (Wildman–Crippen LogP) is 1.55. The van der Waals surface area contributed by atoms with Crippen LogP contribution in [0.2, 0.25) is 0 Å². The molecule has 0 aliphatic rings. The van der Waals surface area contributed by atoms with Gasteiger partial charge in [0, 0.05) is 6.54 Å². The average Bonchev–Trinajstić information content (AvgIpc) is 2.49. The molecule has 4 heteroatoms. The van der Waals surface area contributed by atoms with E-state index < -0.39 is 5.60 Å². The van der Waals surface area contributed by atoms with Crippen LogP contribution in [-0.4, -0.2) is 20.1 Å². The van der Waals surface area contributed by atoms with Gasteiger partial charge in [0.25, 0.3) is 0 Å². The van der Waals surface area contributed by atoms with Gasteiger partial charge >= 0.3 is 0 Å². The molecule has 80 valence electrons. The lowest BCUT2D eigenvalue weighted by atomic mass is 9.76. The van der Waals surface area contributed by atoms with E-state index in [1.807, 2.05) is 27.7 Å². The molecule has 1 unspecified atom stereocenters. The van der Waals surface area contributed by atoms with Crippen LogP contribution in [0.25, 0.3) is 0 Å². The summed E-state index contributed by atoms with van der Waals surface area (Å²) in [6.45, 7) is 10.5. The summed E-state index contributed by atoms with van der Waals surface area (Å²) in [5.41, 5.74) is -0.374. The highest BCUT2D eigenvalue weighted by molar-refractivity contribution is 5.10. The molecule has 1 heterocycles. The lowest BCUT2D eigenvalue weighted by Gasteiger charge is -2.36. The van der Waals surface area contributed by atoms with Crippen LogP contribution >= 0.6 is 0 Å². The summed E-state index contributed by atoms with van der Waals surface area (Å²) in [5.74, 6) is 0. The van der Waals surface area contributed by atoms with E-state index >= 15 is 0 Å². The van der Waals surface area contributed by atoms with Crippen LogP contribution in [-0.2, 0) is 12.1 Å². The molecular formula is C10H19N3O. The second-order valence-corrected chi connectivity index (χ2v) is 4.76. The third-order valence-corrected chi connectivity index (χ3v) is 2.88. The van der Waals surface area contributed by atoms with Gasteiger partial charge < -0.3 is 5.11 Å². The fourth-order valence-electron chi connectivity index (χ4n) is 1.25. The van der Waals surface area contributed by atoms with Gasteiger partial charge in [-0.1, -0.05) is 26.0 Å². The van der Waals surface area contributed by atoms with Gasteiger partial charge in [0.2, 0.25) is 0 Å². The largest absolute Gasteiger partial charge is 0.383 e. The Morgan fingerprint density at radius 1 is 1.36 bits per heavy atom. The van der Waals surface area contributed by atoms with E-state index in [0.717, 1.165) is 12.2 Å². The Kier molecular flexibility index (Phi) is 2.67. The summed E-state index contributed by atoms with van der Waals surface area (Å²) in [4.78, 5) is 0. The molecule has 1 aromatic heterocycles. The Labute approximate surface area is 84.9 Å². The molecule has 0 aromatic carbocycles. The van der Waals surface area contributed by atoms with Gasteiger partial charge in [0.05, 0.1) is 11.9 Å². The van der Waals surface area contributed by atoms with Gasteiger partial charge in [0.1, 0.15) is 5.60 Å². The number of nitrogens with zero attached hydrogens (tertiary/aromatic N) is 3. The summed E-state index contributed by atoms with van der Waals surface area (Å²) >= 11 is 0. The van der Waals surface area contributed by atoms with Crippen molar-refractivity contribution in [3.8, 4) is 0 Å². The van der Waals surface area contributed by atoms with Gasteiger partial charge in [-0.05, 0) is 19.3 Å². The van der Waals surface area contributed by atoms with E-state index in [-0.39, 0.29) is 5.41 Å². The molecule has 1 N–H and O–H groups in total. The molecule has 4 nitrogen and oxygen atoms in total. The first-order valence-corrected chi connectivity index (χ1v) is 4.92. The van der Waals surface area contributed by atoms with Crippen molar-refractivity contribution in [2.75, 3.05) is 0 Å². The first kappa shape index (κ1) is 11.2. The minimum Gasteiger partial charge on any atom is -0.383 e. The highest BCUT2D eigenvalue weighted by Crippen LogP contribution is 2.38. The number of hydrogen-bond acceptors (Lipinski definition) is 3. The molecule has 0 fully saturated rings. The minimum absolute atomic E-state index is 0.234. The van der Waals surface area contributed by atoms with Crippen LogP contribution < -0.4 is 0 Å². The standard InChI is InChI=1S/C10H19N3O/c1-6-13-8(7-11-12-13)10(5,14)9(2,3)4/h7,14H,6H2,1-5H3. The Morgan fingerprint density at radius 2 is 1.93 bits per heavy atom. The summed E-state index contributed by atoms with van der Waals surface area (Å²) in [5, 5.41) is 18.2. The zero-order chi connectivity index (χ0) is 11.0. The molecule has 14 heavy (non-hydrogen) atoms. The maximum absolute atomic E-state index is 10.4. The summed E-state index contributed by atoms with van der Waals surface area (Å²) in [7, 11) is 0. The van der Waals surface area contributed by atoms with E-state index in [4.69, 9.17) is 0 Å². The normalized spacial score (nSPS) is 16.7. The maximum atomic E-state index is 10.4. The van der Waals surface area contributed by atoms with Crippen molar-refractivity contribution >= 4 is 0 Å². The van der Waals surface area contributed by atoms with E-state index in [1.54, 1.807) is 17.8 Å². The lowest BCUT2D eigenvalue weighted by Crippen LogP contribution is -2.38. The quantitative estimate of drug-likeness (QED) is 0.782. The second-order valence-electron chi connectivity index (χ2n) is 4.76. The molecule has 0 spiro atoms. The highest BCUT2D eigenvalue weighted by Gasteiger charge is 2.39. The number of rotatable bonds is 2. The van der Waals surface area contributed by atoms with Gasteiger partial charge in [-0.2, -0.15) is 0 Å². The SMILES string of the molecule is CCn1nncc1C(C)(O)C(C)(C)C. The lowest BCUT2D eigenvalue weighted by molar-refractivity contribution is -0.0540. The number of hydrogen-bond donors (Lipinski definition) is 1. The first-order valence-electron chi connectivity index (χ1n) is 4.92. The summed E-state index contributed by atoms with van der Waals surface area (Å²) in [6, 6.07) is 0.